The minimum absolute atomic E-state index is 0.394. The van der Waals surface area contributed by atoms with Crippen molar-refractivity contribution in [3.05, 3.63) is 22.2 Å². The van der Waals surface area contributed by atoms with Crippen molar-refractivity contribution in [2.75, 3.05) is 13.2 Å². The van der Waals surface area contributed by atoms with Crippen LogP contribution in [0.1, 0.15) is 37.4 Å². The predicted octanol–water partition coefficient (Wildman–Crippen LogP) is 3.69. The van der Waals surface area contributed by atoms with Crippen LogP contribution >= 0.6 is 15.9 Å². The summed E-state index contributed by atoms with van der Waals surface area (Å²) in [6.45, 7) is 1.37. The molecular weight excluding hydrogens is 320 g/mol. The molecule has 1 aromatic carbocycles. The lowest BCUT2D eigenvalue weighted by Crippen LogP contribution is -2.12. The van der Waals surface area contributed by atoms with Crippen LogP contribution in [-0.2, 0) is 0 Å². The molecule has 2 fully saturated rings. The Balaban J connectivity index is 1.61. The summed E-state index contributed by atoms with van der Waals surface area (Å²) in [6, 6.07) is 3.90. The van der Waals surface area contributed by atoms with Gasteiger partial charge >= 0.3 is 0 Å². The summed E-state index contributed by atoms with van der Waals surface area (Å²) in [7, 11) is 0. The SMILES string of the molecule is OC(c1cc2c(cc1Br)OCCCO2)C1CC2CC2C1. The number of fused-ring (bicyclic) bond motifs is 2. The Bertz CT molecular complexity index is 521. The minimum Gasteiger partial charge on any atom is -0.490 e. The third kappa shape index (κ3) is 2.23. The second-order valence-electron chi connectivity index (χ2n) is 6.30. The van der Waals surface area contributed by atoms with Gasteiger partial charge in [-0.15, -0.1) is 0 Å². The fourth-order valence-electron chi connectivity index (χ4n) is 3.70. The highest BCUT2D eigenvalue weighted by molar-refractivity contribution is 9.10. The van der Waals surface area contributed by atoms with Crippen molar-refractivity contribution in [1.82, 2.24) is 0 Å². The summed E-state index contributed by atoms with van der Waals surface area (Å²) in [4.78, 5) is 0. The molecule has 4 heteroatoms. The summed E-state index contributed by atoms with van der Waals surface area (Å²) >= 11 is 3.58. The molecule has 0 spiro atoms. The van der Waals surface area contributed by atoms with Crippen molar-refractivity contribution in [3.63, 3.8) is 0 Å². The average Bonchev–Trinajstić information content (AvgIpc) is 3.12. The lowest BCUT2D eigenvalue weighted by Gasteiger charge is -2.22. The molecular formula is C16H19BrO3. The molecule has 3 nitrogen and oxygen atoms in total. The number of halogens is 1. The average molecular weight is 339 g/mol. The first-order chi connectivity index (χ1) is 9.72. The van der Waals surface area contributed by atoms with Crippen LogP contribution in [0.4, 0.5) is 0 Å². The Morgan fingerprint density at radius 1 is 1.05 bits per heavy atom. The highest BCUT2D eigenvalue weighted by Gasteiger charge is 2.48. The lowest BCUT2D eigenvalue weighted by molar-refractivity contribution is 0.103. The maximum absolute atomic E-state index is 10.7. The van der Waals surface area contributed by atoms with Gasteiger partial charge in [-0.05, 0) is 54.7 Å². The second-order valence-corrected chi connectivity index (χ2v) is 7.16. The van der Waals surface area contributed by atoms with Gasteiger partial charge in [0.2, 0.25) is 0 Å². The zero-order valence-electron chi connectivity index (χ0n) is 11.3. The van der Waals surface area contributed by atoms with E-state index in [9.17, 15) is 5.11 Å². The Hall–Kier alpha value is -0.740. The number of ether oxygens (including phenoxy) is 2. The number of hydrogen-bond acceptors (Lipinski definition) is 3. The summed E-state index contributed by atoms with van der Waals surface area (Å²) in [6.07, 6.45) is 4.23. The topological polar surface area (TPSA) is 38.7 Å². The molecule has 0 saturated heterocycles. The third-order valence-corrected chi connectivity index (χ3v) is 5.60. The highest BCUT2D eigenvalue weighted by atomic mass is 79.9. The first-order valence-electron chi connectivity index (χ1n) is 7.49. The van der Waals surface area contributed by atoms with Crippen LogP contribution in [0.15, 0.2) is 16.6 Å². The zero-order valence-corrected chi connectivity index (χ0v) is 12.9. The van der Waals surface area contributed by atoms with E-state index in [0.29, 0.717) is 19.1 Å². The van der Waals surface area contributed by atoms with E-state index in [-0.39, 0.29) is 0 Å². The highest BCUT2D eigenvalue weighted by Crippen LogP contribution is 2.57. The van der Waals surface area contributed by atoms with Crippen molar-refractivity contribution in [2.45, 2.75) is 31.8 Å². The van der Waals surface area contributed by atoms with Crippen molar-refractivity contribution in [2.24, 2.45) is 17.8 Å². The molecule has 1 aliphatic heterocycles. The van der Waals surface area contributed by atoms with Gasteiger partial charge in [0.25, 0.3) is 0 Å². The van der Waals surface area contributed by atoms with Gasteiger partial charge in [0.15, 0.2) is 11.5 Å². The molecule has 1 heterocycles. The van der Waals surface area contributed by atoms with E-state index < -0.39 is 6.10 Å². The fraction of sp³-hybridized carbons (Fsp3) is 0.625. The van der Waals surface area contributed by atoms with Gasteiger partial charge in [-0.3, -0.25) is 0 Å². The van der Waals surface area contributed by atoms with Crippen LogP contribution in [0.5, 0.6) is 11.5 Å². The standard InChI is InChI=1S/C16H19BrO3/c17-13-8-15-14(19-2-1-3-20-15)7-12(13)16(18)11-5-9-4-10(9)6-11/h7-11,16,18H,1-6H2. The van der Waals surface area contributed by atoms with E-state index in [1.54, 1.807) is 0 Å². The van der Waals surface area contributed by atoms with Gasteiger partial charge < -0.3 is 14.6 Å². The minimum atomic E-state index is -0.394. The number of hydrogen-bond donors (Lipinski definition) is 1. The van der Waals surface area contributed by atoms with Gasteiger partial charge in [-0.25, -0.2) is 0 Å². The Morgan fingerprint density at radius 2 is 1.70 bits per heavy atom. The summed E-state index contributed by atoms with van der Waals surface area (Å²) in [5.74, 6) is 3.71. The summed E-state index contributed by atoms with van der Waals surface area (Å²) in [5, 5.41) is 10.7. The van der Waals surface area contributed by atoms with Crippen molar-refractivity contribution < 1.29 is 14.6 Å². The van der Waals surface area contributed by atoms with Crippen LogP contribution in [0.25, 0.3) is 0 Å². The predicted molar refractivity (Wildman–Crippen MR) is 79.0 cm³/mol. The van der Waals surface area contributed by atoms with Crippen molar-refractivity contribution in [1.29, 1.82) is 0 Å². The molecule has 4 rings (SSSR count). The van der Waals surface area contributed by atoms with E-state index in [2.05, 4.69) is 15.9 Å². The number of aliphatic hydroxyl groups is 1. The maximum atomic E-state index is 10.7. The molecule has 2 aliphatic carbocycles. The summed E-state index contributed by atoms with van der Waals surface area (Å²) < 4.78 is 12.3. The molecule has 0 radical (unpaired) electrons. The van der Waals surface area contributed by atoms with Crippen LogP contribution in [0.2, 0.25) is 0 Å². The van der Waals surface area contributed by atoms with Gasteiger partial charge in [-0.2, -0.15) is 0 Å². The molecule has 108 valence electrons. The normalized spacial score (nSPS) is 32.4. The fourth-order valence-corrected chi connectivity index (χ4v) is 4.26. The Labute approximate surface area is 127 Å². The summed E-state index contributed by atoms with van der Waals surface area (Å²) in [5.41, 5.74) is 0.945. The molecule has 20 heavy (non-hydrogen) atoms. The molecule has 3 aliphatic rings. The molecule has 0 bridgehead atoms. The van der Waals surface area contributed by atoms with Crippen LogP contribution in [0.3, 0.4) is 0 Å². The van der Waals surface area contributed by atoms with Crippen molar-refractivity contribution >= 4 is 15.9 Å². The Kier molecular flexibility index (Phi) is 3.19. The third-order valence-electron chi connectivity index (χ3n) is 4.91. The monoisotopic (exact) mass is 338 g/mol. The van der Waals surface area contributed by atoms with E-state index >= 15 is 0 Å². The smallest absolute Gasteiger partial charge is 0.162 e. The van der Waals surface area contributed by atoms with Gasteiger partial charge in [0.1, 0.15) is 0 Å². The van der Waals surface area contributed by atoms with Gasteiger partial charge in [0, 0.05) is 10.9 Å². The van der Waals surface area contributed by atoms with E-state index in [0.717, 1.165) is 39.8 Å². The molecule has 3 unspecified atom stereocenters. The molecule has 0 amide bonds. The number of rotatable bonds is 2. The first kappa shape index (κ1) is 13.0. The molecule has 1 N–H and O–H groups in total. The largest absolute Gasteiger partial charge is 0.490 e. The molecule has 3 atom stereocenters. The first-order valence-corrected chi connectivity index (χ1v) is 8.29. The molecule has 0 aromatic heterocycles. The van der Waals surface area contributed by atoms with E-state index in [1.807, 2.05) is 12.1 Å². The molecule has 2 saturated carbocycles. The maximum Gasteiger partial charge on any atom is 0.162 e. The van der Waals surface area contributed by atoms with E-state index in [4.69, 9.17) is 9.47 Å². The number of aliphatic hydroxyl groups excluding tert-OH is 1. The van der Waals surface area contributed by atoms with E-state index in [1.165, 1.54) is 19.3 Å². The molecule has 1 aromatic rings. The van der Waals surface area contributed by atoms with Gasteiger partial charge in [-0.1, -0.05) is 15.9 Å². The van der Waals surface area contributed by atoms with Crippen LogP contribution in [-0.4, -0.2) is 18.3 Å². The van der Waals surface area contributed by atoms with Gasteiger partial charge in [0.05, 0.1) is 19.3 Å². The van der Waals surface area contributed by atoms with Crippen molar-refractivity contribution in [3.8, 4) is 11.5 Å². The second kappa shape index (κ2) is 4.92. The van der Waals surface area contributed by atoms with Crippen LogP contribution < -0.4 is 9.47 Å². The quantitative estimate of drug-likeness (QED) is 0.893. The lowest BCUT2D eigenvalue weighted by atomic mass is 9.91. The number of benzene rings is 1. The zero-order chi connectivity index (χ0) is 13.7. The Morgan fingerprint density at radius 3 is 2.40 bits per heavy atom. The van der Waals surface area contributed by atoms with Crippen LogP contribution in [0, 0.1) is 17.8 Å².